The van der Waals surface area contributed by atoms with Crippen molar-refractivity contribution in [2.75, 3.05) is 13.2 Å². The van der Waals surface area contributed by atoms with Crippen molar-refractivity contribution in [2.24, 2.45) is 0 Å². The van der Waals surface area contributed by atoms with E-state index in [2.05, 4.69) is 20.8 Å². The molecule has 0 N–H and O–H groups in total. The maximum atomic E-state index is 12.7. The largest absolute Gasteiger partial charge is 0.462 e. The third-order valence-electron chi connectivity index (χ3n) is 14.4. The number of hydrogen-bond donors (Lipinski definition) is 0. The van der Waals surface area contributed by atoms with E-state index in [0.717, 1.165) is 57.8 Å². The van der Waals surface area contributed by atoms with E-state index in [1.165, 1.54) is 263 Å². The van der Waals surface area contributed by atoms with Gasteiger partial charge in [-0.05, 0) is 19.3 Å². The Hall–Kier alpha value is -1.59. The molecule has 0 rings (SSSR count). The minimum atomic E-state index is -0.759. The van der Waals surface area contributed by atoms with Crippen molar-refractivity contribution in [3.8, 4) is 0 Å². The third kappa shape index (κ3) is 55.3. The van der Waals surface area contributed by atoms with Gasteiger partial charge < -0.3 is 14.2 Å². The Bertz CT molecular complexity index is 1010. The second kappa shape index (κ2) is 58.0. The van der Waals surface area contributed by atoms with Crippen LogP contribution in [0.5, 0.6) is 0 Å². The summed E-state index contributed by atoms with van der Waals surface area (Å²) in [5.74, 6) is -0.847. The van der Waals surface area contributed by atoms with Gasteiger partial charge in [0.25, 0.3) is 0 Å². The van der Waals surface area contributed by atoms with E-state index in [1.807, 2.05) is 0 Å². The van der Waals surface area contributed by atoms with Gasteiger partial charge in [0.15, 0.2) is 6.10 Å². The van der Waals surface area contributed by atoms with Gasteiger partial charge in [-0.25, -0.2) is 0 Å². The predicted octanol–water partition coefficient (Wildman–Crippen LogP) is 20.7. The molecule has 1 atom stereocenters. The molecule has 68 heavy (non-hydrogen) atoms. The SMILES string of the molecule is CCCCCCCCCCCCCCCCCCCCCCCCCCCCCCCCCCC(=O)OCC(COC(=O)CCCCCCCCC)OC(=O)CCCCCCCCCCCCC. The Labute approximate surface area is 425 Å². The Morgan fingerprint density at radius 2 is 0.397 bits per heavy atom. The number of hydrogen-bond acceptors (Lipinski definition) is 6. The van der Waals surface area contributed by atoms with E-state index in [9.17, 15) is 14.4 Å². The van der Waals surface area contributed by atoms with Gasteiger partial charge in [-0.2, -0.15) is 0 Å². The topological polar surface area (TPSA) is 78.9 Å². The maximum absolute atomic E-state index is 12.7. The summed E-state index contributed by atoms with van der Waals surface area (Å²) in [7, 11) is 0. The normalized spacial score (nSPS) is 11.9. The van der Waals surface area contributed by atoms with Gasteiger partial charge in [-0.1, -0.05) is 323 Å². The average molecular weight is 962 g/mol. The van der Waals surface area contributed by atoms with Crippen LogP contribution in [-0.4, -0.2) is 37.2 Å². The third-order valence-corrected chi connectivity index (χ3v) is 14.4. The molecule has 0 aromatic heterocycles. The lowest BCUT2D eigenvalue weighted by atomic mass is 10.0. The predicted molar refractivity (Wildman–Crippen MR) is 294 cm³/mol. The van der Waals surface area contributed by atoms with Crippen molar-refractivity contribution in [3.05, 3.63) is 0 Å². The highest BCUT2D eigenvalue weighted by Crippen LogP contribution is 2.18. The molecule has 6 heteroatoms. The summed E-state index contributed by atoms with van der Waals surface area (Å²) in [5.41, 5.74) is 0. The molecule has 404 valence electrons. The molecule has 0 aliphatic heterocycles. The van der Waals surface area contributed by atoms with E-state index >= 15 is 0 Å². The molecule has 0 heterocycles. The van der Waals surface area contributed by atoms with Gasteiger partial charge >= 0.3 is 17.9 Å². The molecular weight excluding hydrogens is 841 g/mol. The molecule has 0 fully saturated rings. The fourth-order valence-corrected chi connectivity index (χ4v) is 9.68. The van der Waals surface area contributed by atoms with Crippen LogP contribution in [0.4, 0.5) is 0 Å². The number of unbranched alkanes of at least 4 members (excludes halogenated alkanes) is 47. The Morgan fingerprint density at radius 3 is 0.588 bits per heavy atom. The van der Waals surface area contributed by atoms with Crippen LogP contribution < -0.4 is 0 Å². The van der Waals surface area contributed by atoms with Crippen LogP contribution in [0.15, 0.2) is 0 Å². The molecule has 0 saturated carbocycles. The first-order chi connectivity index (χ1) is 33.5. The van der Waals surface area contributed by atoms with E-state index in [0.29, 0.717) is 19.3 Å². The zero-order chi connectivity index (χ0) is 49.3. The van der Waals surface area contributed by atoms with E-state index in [4.69, 9.17) is 14.2 Å². The van der Waals surface area contributed by atoms with Crippen molar-refractivity contribution in [2.45, 2.75) is 367 Å². The fourth-order valence-electron chi connectivity index (χ4n) is 9.68. The summed E-state index contributed by atoms with van der Waals surface area (Å²) in [6, 6.07) is 0. The van der Waals surface area contributed by atoms with Crippen LogP contribution in [0, 0.1) is 0 Å². The van der Waals surface area contributed by atoms with Crippen LogP contribution in [0.25, 0.3) is 0 Å². The fraction of sp³-hybridized carbons (Fsp3) is 0.952. The number of ether oxygens (including phenoxy) is 3. The van der Waals surface area contributed by atoms with Gasteiger partial charge in [0.1, 0.15) is 13.2 Å². The number of esters is 3. The van der Waals surface area contributed by atoms with Crippen molar-refractivity contribution in [3.63, 3.8) is 0 Å². The second-order valence-corrected chi connectivity index (χ2v) is 21.3. The van der Waals surface area contributed by atoms with Gasteiger partial charge in [0, 0.05) is 19.3 Å². The molecule has 0 bridgehead atoms. The molecule has 6 nitrogen and oxygen atoms in total. The smallest absolute Gasteiger partial charge is 0.306 e. The highest BCUT2D eigenvalue weighted by molar-refractivity contribution is 5.71. The molecule has 0 amide bonds. The van der Waals surface area contributed by atoms with Gasteiger partial charge in [-0.3, -0.25) is 14.4 Å². The van der Waals surface area contributed by atoms with E-state index < -0.39 is 6.10 Å². The Kier molecular flexibility index (Phi) is 56.6. The van der Waals surface area contributed by atoms with Crippen molar-refractivity contribution in [1.82, 2.24) is 0 Å². The molecule has 0 spiro atoms. The summed E-state index contributed by atoms with van der Waals surface area (Å²) < 4.78 is 16.8. The summed E-state index contributed by atoms with van der Waals surface area (Å²) in [6.07, 6.45) is 65.9. The molecule has 0 aromatic rings. The average Bonchev–Trinajstić information content (AvgIpc) is 3.34. The minimum Gasteiger partial charge on any atom is -0.462 e. The van der Waals surface area contributed by atoms with E-state index in [-0.39, 0.29) is 31.1 Å². The van der Waals surface area contributed by atoms with E-state index in [1.54, 1.807) is 0 Å². The van der Waals surface area contributed by atoms with Crippen molar-refractivity contribution in [1.29, 1.82) is 0 Å². The molecule has 0 radical (unpaired) electrons. The lowest BCUT2D eigenvalue weighted by molar-refractivity contribution is -0.167. The molecular formula is C62H120O6. The molecule has 0 aromatic carbocycles. The van der Waals surface area contributed by atoms with Gasteiger partial charge in [-0.15, -0.1) is 0 Å². The van der Waals surface area contributed by atoms with Gasteiger partial charge in [0.2, 0.25) is 0 Å². The molecule has 0 saturated heterocycles. The first kappa shape index (κ1) is 66.4. The van der Waals surface area contributed by atoms with Crippen LogP contribution in [0.1, 0.15) is 361 Å². The number of carbonyl (C=O) groups excluding carboxylic acids is 3. The highest BCUT2D eigenvalue weighted by atomic mass is 16.6. The zero-order valence-electron chi connectivity index (χ0n) is 46.4. The van der Waals surface area contributed by atoms with Crippen LogP contribution >= 0.6 is 0 Å². The standard InChI is InChI=1S/C62H120O6/c1-4-7-10-13-16-18-20-21-22-23-24-25-26-27-28-29-30-31-32-33-34-35-36-37-38-39-40-42-43-46-49-52-55-61(64)67-58-59(57-66-60(63)54-51-48-45-15-12-9-6-3)68-62(65)56-53-50-47-44-41-19-17-14-11-8-5-2/h59H,4-58H2,1-3H3. The molecule has 0 aliphatic carbocycles. The van der Waals surface area contributed by atoms with Crippen molar-refractivity contribution >= 4 is 17.9 Å². The second-order valence-electron chi connectivity index (χ2n) is 21.3. The molecule has 0 aliphatic rings. The minimum absolute atomic E-state index is 0.0623. The Balaban J connectivity index is 3.86. The van der Waals surface area contributed by atoms with Gasteiger partial charge in [0.05, 0.1) is 0 Å². The monoisotopic (exact) mass is 961 g/mol. The summed E-state index contributed by atoms with van der Waals surface area (Å²) in [6.45, 7) is 6.65. The molecule has 1 unspecified atom stereocenters. The lowest BCUT2D eigenvalue weighted by Crippen LogP contribution is -2.30. The quantitative estimate of drug-likeness (QED) is 0.0343. The summed E-state index contributed by atoms with van der Waals surface area (Å²) >= 11 is 0. The first-order valence-electron chi connectivity index (χ1n) is 31.0. The van der Waals surface area contributed by atoms with Crippen LogP contribution in [0.3, 0.4) is 0 Å². The maximum Gasteiger partial charge on any atom is 0.306 e. The zero-order valence-corrected chi connectivity index (χ0v) is 46.4. The van der Waals surface area contributed by atoms with Crippen molar-refractivity contribution < 1.29 is 28.6 Å². The summed E-state index contributed by atoms with van der Waals surface area (Å²) in [4.78, 5) is 37.8. The Morgan fingerprint density at radius 1 is 0.235 bits per heavy atom. The number of rotatable bonds is 58. The van der Waals surface area contributed by atoms with Crippen LogP contribution in [0.2, 0.25) is 0 Å². The lowest BCUT2D eigenvalue weighted by Gasteiger charge is -2.18. The summed E-state index contributed by atoms with van der Waals surface area (Å²) in [5, 5.41) is 0. The number of carbonyl (C=O) groups is 3. The first-order valence-corrected chi connectivity index (χ1v) is 31.0. The van der Waals surface area contributed by atoms with Crippen LogP contribution in [-0.2, 0) is 28.6 Å². The highest BCUT2D eigenvalue weighted by Gasteiger charge is 2.19.